The largest absolute Gasteiger partial charge is 0.502 e. The molecule has 0 bridgehead atoms. The van der Waals surface area contributed by atoms with E-state index in [0.717, 1.165) is 4.90 Å². The molecule has 0 aliphatic carbocycles. The molecule has 6 heteroatoms. The van der Waals surface area contributed by atoms with Gasteiger partial charge in [-0.05, 0) is 47.9 Å². The van der Waals surface area contributed by atoms with Crippen molar-refractivity contribution < 1.29 is 24.2 Å². The molecule has 0 spiro atoms. The second-order valence-electron chi connectivity index (χ2n) is 6.60. The number of benzene rings is 2. The number of ether oxygens (including phenoxy) is 2. The fourth-order valence-electron chi connectivity index (χ4n) is 2.72. The molecule has 2 amide bonds. The summed E-state index contributed by atoms with van der Waals surface area (Å²) >= 11 is 0. The first-order valence-electron chi connectivity index (χ1n) is 8.61. The molecule has 0 unspecified atom stereocenters. The van der Waals surface area contributed by atoms with Crippen molar-refractivity contribution in [1.82, 2.24) is 0 Å². The highest BCUT2D eigenvalue weighted by molar-refractivity contribution is 6.44. The SMILES string of the molecule is COc1ccc(C2=C(O)C(=O)N(c3ccc(OCC(C)C)cc3)C2=O)cc1. The van der Waals surface area contributed by atoms with Crippen LogP contribution < -0.4 is 14.4 Å². The molecule has 2 aromatic carbocycles. The van der Waals surface area contributed by atoms with E-state index < -0.39 is 17.6 Å². The van der Waals surface area contributed by atoms with Crippen LogP contribution in [-0.2, 0) is 9.59 Å². The molecule has 2 aromatic rings. The van der Waals surface area contributed by atoms with Gasteiger partial charge in [0, 0.05) is 0 Å². The summed E-state index contributed by atoms with van der Waals surface area (Å²) in [7, 11) is 1.53. The van der Waals surface area contributed by atoms with Gasteiger partial charge in [-0.15, -0.1) is 0 Å². The zero-order chi connectivity index (χ0) is 19.6. The molecule has 1 N–H and O–H groups in total. The standard InChI is InChI=1S/C21H21NO5/c1-13(2)12-27-17-10-6-15(7-11-17)22-20(24)18(19(23)21(22)25)14-4-8-16(26-3)9-5-14/h4-11,13,23H,12H2,1-3H3. The molecule has 3 rings (SSSR count). The maximum atomic E-state index is 12.8. The van der Waals surface area contributed by atoms with Crippen molar-refractivity contribution in [3.63, 3.8) is 0 Å². The van der Waals surface area contributed by atoms with Crippen LogP contribution in [-0.4, -0.2) is 30.6 Å². The van der Waals surface area contributed by atoms with E-state index in [1.54, 1.807) is 48.5 Å². The molecule has 0 aromatic heterocycles. The summed E-state index contributed by atoms with van der Waals surface area (Å²) in [6.07, 6.45) is 0. The van der Waals surface area contributed by atoms with Gasteiger partial charge in [-0.2, -0.15) is 0 Å². The van der Waals surface area contributed by atoms with E-state index in [4.69, 9.17) is 9.47 Å². The van der Waals surface area contributed by atoms with Gasteiger partial charge in [-0.1, -0.05) is 26.0 Å². The molecule has 0 radical (unpaired) electrons. The number of aliphatic hydroxyl groups excluding tert-OH is 1. The van der Waals surface area contributed by atoms with Crippen LogP contribution in [0, 0.1) is 5.92 Å². The normalized spacial score (nSPS) is 14.3. The highest BCUT2D eigenvalue weighted by Gasteiger charge is 2.40. The maximum absolute atomic E-state index is 12.8. The number of carbonyl (C=O) groups is 2. The zero-order valence-electron chi connectivity index (χ0n) is 15.4. The number of rotatable bonds is 6. The van der Waals surface area contributed by atoms with Crippen LogP contribution in [0.1, 0.15) is 19.4 Å². The smallest absolute Gasteiger partial charge is 0.301 e. The summed E-state index contributed by atoms with van der Waals surface area (Å²) in [6.45, 7) is 4.67. The monoisotopic (exact) mass is 367 g/mol. The third-order valence-electron chi connectivity index (χ3n) is 4.12. The van der Waals surface area contributed by atoms with Gasteiger partial charge in [0.2, 0.25) is 0 Å². The molecular formula is C21H21NO5. The summed E-state index contributed by atoms with van der Waals surface area (Å²) in [4.78, 5) is 26.2. The lowest BCUT2D eigenvalue weighted by Gasteiger charge is -2.15. The van der Waals surface area contributed by atoms with Gasteiger partial charge in [-0.25, -0.2) is 4.90 Å². The molecule has 0 saturated carbocycles. The molecule has 0 atom stereocenters. The minimum Gasteiger partial charge on any atom is -0.502 e. The van der Waals surface area contributed by atoms with E-state index >= 15 is 0 Å². The number of anilines is 1. The number of aliphatic hydroxyl groups is 1. The van der Waals surface area contributed by atoms with Crippen LogP contribution in [0.4, 0.5) is 5.69 Å². The summed E-state index contributed by atoms with van der Waals surface area (Å²) in [5, 5.41) is 10.3. The predicted octanol–water partition coefficient (Wildman–Crippen LogP) is 3.57. The number of amides is 2. The molecule has 6 nitrogen and oxygen atoms in total. The molecule has 0 fully saturated rings. The Labute approximate surface area is 157 Å². The van der Waals surface area contributed by atoms with E-state index in [0.29, 0.717) is 35.3 Å². The van der Waals surface area contributed by atoms with Crippen molar-refractivity contribution >= 4 is 23.1 Å². The van der Waals surface area contributed by atoms with Gasteiger partial charge in [0.1, 0.15) is 11.5 Å². The van der Waals surface area contributed by atoms with Crippen LogP contribution in [0.2, 0.25) is 0 Å². The van der Waals surface area contributed by atoms with Crippen molar-refractivity contribution in [2.75, 3.05) is 18.6 Å². The minimum atomic E-state index is -0.748. The average molecular weight is 367 g/mol. The summed E-state index contributed by atoms with van der Waals surface area (Å²) in [6, 6.07) is 13.2. The fourth-order valence-corrected chi connectivity index (χ4v) is 2.72. The average Bonchev–Trinajstić information content (AvgIpc) is 2.89. The van der Waals surface area contributed by atoms with E-state index in [-0.39, 0.29) is 5.57 Å². The number of imide groups is 1. The first-order valence-corrected chi connectivity index (χ1v) is 8.61. The van der Waals surface area contributed by atoms with Crippen LogP contribution >= 0.6 is 0 Å². The second kappa shape index (κ2) is 7.53. The quantitative estimate of drug-likeness (QED) is 0.790. The fraction of sp³-hybridized carbons (Fsp3) is 0.238. The number of carbonyl (C=O) groups excluding carboxylic acids is 2. The van der Waals surface area contributed by atoms with Gasteiger partial charge in [0.05, 0.1) is 25.0 Å². The lowest BCUT2D eigenvalue weighted by molar-refractivity contribution is -0.121. The highest BCUT2D eigenvalue weighted by Crippen LogP contribution is 2.33. The lowest BCUT2D eigenvalue weighted by atomic mass is 10.1. The Morgan fingerprint density at radius 2 is 1.52 bits per heavy atom. The molecule has 140 valence electrons. The van der Waals surface area contributed by atoms with Gasteiger partial charge in [0.25, 0.3) is 5.91 Å². The van der Waals surface area contributed by atoms with Crippen molar-refractivity contribution in [2.45, 2.75) is 13.8 Å². The van der Waals surface area contributed by atoms with Crippen LogP contribution in [0.3, 0.4) is 0 Å². The Kier molecular flexibility index (Phi) is 5.16. The van der Waals surface area contributed by atoms with E-state index in [9.17, 15) is 14.7 Å². The van der Waals surface area contributed by atoms with Gasteiger partial charge in [-0.3, -0.25) is 9.59 Å². The third-order valence-corrected chi connectivity index (χ3v) is 4.12. The van der Waals surface area contributed by atoms with E-state index in [1.807, 2.05) is 13.8 Å². The number of hydrogen-bond donors (Lipinski definition) is 1. The molecular weight excluding hydrogens is 346 g/mol. The topological polar surface area (TPSA) is 76.1 Å². The second-order valence-corrected chi connectivity index (χ2v) is 6.60. The summed E-state index contributed by atoms with van der Waals surface area (Å²) in [5.41, 5.74) is 0.797. The summed E-state index contributed by atoms with van der Waals surface area (Å²) in [5.74, 6) is -0.228. The Bertz CT molecular complexity index is 882. The molecule has 1 aliphatic rings. The lowest BCUT2D eigenvalue weighted by Crippen LogP contribution is -2.31. The Morgan fingerprint density at radius 3 is 2.07 bits per heavy atom. The molecule has 1 aliphatic heterocycles. The third kappa shape index (κ3) is 3.65. The molecule has 27 heavy (non-hydrogen) atoms. The number of methoxy groups -OCH3 is 1. The maximum Gasteiger partial charge on any atom is 0.301 e. The predicted molar refractivity (Wildman–Crippen MR) is 102 cm³/mol. The van der Waals surface area contributed by atoms with Crippen molar-refractivity contribution in [2.24, 2.45) is 5.92 Å². The van der Waals surface area contributed by atoms with Gasteiger partial charge >= 0.3 is 5.91 Å². The van der Waals surface area contributed by atoms with E-state index in [1.165, 1.54) is 7.11 Å². The Hall–Kier alpha value is -3.28. The van der Waals surface area contributed by atoms with Gasteiger partial charge in [0.15, 0.2) is 5.76 Å². The first kappa shape index (κ1) is 18.5. The van der Waals surface area contributed by atoms with Crippen LogP contribution in [0.5, 0.6) is 11.5 Å². The van der Waals surface area contributed by atoms with Crippen LogP contribution in [0.25, 0.3) is 5.57 Å². The van der Waals surface area contributed by atoms with Gasteiger partial charge < -0.3 is 14.6 Å². The van der Waals surface area contributed by atoms with Crippen molar-refractivity contribution in [1.29, 1.82) is 0 Å². The van der Waals surface area contributed by atoms with Crippen molar-refractivity contribution in [3.8, 4) is 11.5 Å². The van der Waals surface area contributed by atoms with Crippen LogP contribution in [0.15, 0.2) is 54.3 Å². The minimum absolute atomic E-state index is 0.0252. The van der Waals surface area contributed by atoms with E-state index in [2.05, 4.69) is 0 Å². The number of hydrogen-bond acceptors (Lipinski definition) is 5. The Morgan fingerprint density at radius 1 is 0.926 bits per heavy atom. The first-order chi connectivity index (χ1) is 12.9. The summed E-state index contributed by atoms with van der Waals surface area (Å²) < 4.78 is 10.7. The van der Waals surface area contributed by atoms with Crippen molar-refractivity contribution in [3.05, 3.63) is 59.9 Å². The highest BCUT2D eigenvalue weighted by atomic mass is 16.5. The molecule has 1 heterocycles. The number of nitrogens with zero attached hydrogens (tertiary/aromatic N) is 1. The Balaban J connectivity index is 1.84. The zero-order valence-corrected chi connectivity index (χ0v) is 15.4. The molecule has 0 saturated heterocycles.